The van der Waals surface area contributed by atoms with Crippen LogP contribution in [0.25, 0.3) is 0 Å². The minimum Gasteiger partial charge on any atom is -0.495 e. The van der Waals surface area contributed by atoms with Crippen molar-refractivity contribution >= 4 is 21.6 Å². The van der Waals surface area contributed by atoms with Gasteiger partial charge in [0.05, 0.1) is 12.8 Å². The highest BCUT2D eigenvalue weighted by molar-refractivity contribution is 7.89. The average Bonchev–Trinajstić information content (AvgIpc) is 3.06. The van der Waals surface area contributed by atoms with E-state index in [1.807, 2.05) is 0 Å². The van der Waals surface area contributed by atoms with Crippen LogP contribution in [0.3, 0.4) is 0 Å². The molecule has 2 heterocycles. The van der Waals surface area contributed by atoms with E-state index in [9.17, 15) is 13.2 Å². The molecule has 1 aromatic carbocycles. The van der Waals surface area contributed by atoms with Crippen molar-refractivity contribution in [1.29, 1.82) is 0 Å². The predicted octanol–water partition coefficient (Wildman–Crippen LogP) is 0.304. The van der Waals surface area contributed by atoms with Gasteiger partial charge in [-0.15, -0.1) is 0 Å². The van der Waals surface area contributed by atoms with Crippen LogP contribution in [-0.4, -0.2) is 47.7 Å². The van der Waals surface area contributed by atoms with Gasteiger partial charge in [-0.3, -0.25) is 4.79 Å². The second kappa shape index (κ2) is 6.96. The summed E-state index contributed by atoms with van der Waals surface area (Å²) in [4.78, 5) is 11.4. The van der Waals surface area contributed by atoms with Crippen molar-refractivity contribution in [2.75, 3.05) is 38.7 Å². The lowest BCUT2D eigenvalue weighted by atomic mass is 10.1. The molecule has 1 saturated heterocycles. The first-order valence-electron chi connectivity index (χ1n) is 7.84. The maximum Gasteiger partial charge on any atom is 0.262 e. The highest BCUT2D eigenvalue weighted by Gasteiger charge is 2.26. The number of amides is 1. The Hall–Kier alpha value is -1.84. The number of nitrogens with one attached hydrogen (secondary N) is 3. The fourth-order valence-electron chi connectivity index (χ4n) is 2.89. The van der Waals surface area contributed by atoms with E-state index in [-0.39, 0.29) is 23.2 Å². The van der Waals surface area contributed by atoms with Crippen LogP contribution in [0.2, 0.25) is 0 Å². The Morgan fingerprint density at radius 3 is 2.96 bits per heavy atom. The van der Waals surface area contributed by atoms with Crippen LogP contribution in [0.5, 0.6) is 11.5 Å². The second-order valence-electron chi connectivity index (χ2n) is 5.88. The highest BCUT2D eigenvalue weighted by atomic mass is 32.2. The molecule has 3 rings (SSSR count). The minimum atomic E-state index is -3.73. The van der Waals surface area contributed by atoms with Gasteiger partial charge in [-0.25, -0.2) is 13.1 Å². The monoisotopic (exact) mass is 355 g/mol. The molecule has 8 nitrogen and oxygen atoms in total. The maximum absolute atomic E-state index is 12.6. The number of fused-ring (bicyclic) bond motifs is 1. The number of methoxy groups -OCH3 is 1. The number of sulfonamides is 1. The van der Waals surface area contributed by atoms with Crippen molar-refractivity contribution in [2.45, 2.75) is 17.7 Å². The third-order valence-electron chi connectivity index (χ3n) is 4.20. The molecule has 2 aliphatic heterocycles. The summed E-state index contributed by atoms with van der Waals surface area (Å²) >= 11 is 0. The molecule has 1 fully saturated rings. The Balaban J connectivity index is 1.77. The predicted molar refractivity (Wildman–Crippen MR) is 87.9 cm³/mol. The van der Waals surface area contributed by atoms with Gasteiger partial charge >= 0.3 is 0 Å². The first kappa shape index (κ1) is 17.0. The van der Waals surface area contributed by atoms with Crippen LogP contribution in [0, 0.1) is 5.92 Å². The van der Waals surface area contributed by atoms with Crippen LogP contribution >= 0.6 is 0 Å². The summed E-state index contributed by atoms with van der Waals surface area (Å²) in [6, 6.07) is 2.84. The van der Waals surface area contributed by atoms with Crippen LogP contribution in [-0.2, 0) is 14.8 Å². The molecule has 132 valence electrons. The van der Waals surface area contributed by atoms with E-state index in [0.717, 1.165) is 25.9 Å². The number of ether oxygens (including phenoxy) is 2. The smallest absolute Gasteiger partial charge is 0.262 e. The summed E-state index contributed by atoms with van der Waals surface area (Å²) in [6.45, 7) is 2.14. The molecule has 1 amide bonds. The number of anilines is 1. The number of benzene rings is 1. The van der Waals surface area contributed by atoms with E-state index in [1.54, 1.807) is 0 Å². The van der Waals surface area contributed by atoms with Gasteiger partial charge in [-0.1, -0.05) is 0 Å². The van der Waals surface area contributed by atoms with Crippen molar-refractivity contribution in [3.8, 4) is 11.5 Å². The summed E-state index contributed by atoms with van der Waals surface area (Å²) in [7, 11) is -2.34. The first-order valence-corrected chi connectivity index (χ1v) is 9.33. The van der Waals surface area contributed by atoms with E-state index in [1.165, 1.54) is 19.2 Å². The zero-order valence-corrected chi connectivity index (χ0v) is 14.2. The topological polar surface area (TPSA) is 106 Å². The fourth-order valence-corrected chi connectivity index (χ4v) is 4.10. The molecule has 9 heteroatoms. The summed E-state index contributed by atoms with van der Waals surface area (Å²) in [5.41, 5.74) is 0.402. The number of carbonyl (C=O) groups is 1. The van der Waals surface area contributed by atoms with E-state index >= 15 is 0 Å². The molecule has 1 atom stereocenters. The van der Waals surface area contributed by atoms with Gasteiger partial charge in [-0.2, -0.15) is 0 Å². The molecule has 0 radical (unpaired) electrons. The van der Waals surface area contributed by atoms with Gasteiger partial charge in [0.1, 0.15) is 16.4 Å². The van der Waals surface area contributed by atoms with Crippen molar-refractivity contribution in [1.82, 2.24) is 10.0 Å². The molecule has 0 saturated carbocycles. The van der Waals surface area contributed by atoms with Crippen LogP contribution in [0.4, 0.5) is 5.69 Å². The molecule has 0 aliphatic carbocycles. The number of rotatable bonds is 6. The van der Waals surface area contributed by atoms with E-state index in [2.05, 4.69) is 15.4 Å². The van der Waals surface area contributed by atoms with Gasteiger partial charge in [-0.05, 0) is 31.8 Å². The standard InChI is InChI=1S/C15H21N3O5S/c1-22-13-6-11-12(23-9-15(19)18-11)7-14(13)24(20,21)17-5-3-10-2-4-16-8-10/h6-7,10,16-17H,2-5,8-9H2,1H3,(H,18,19). The summed E-state index contributed by atoms with van der Waals surface area (Å²) in [6.07, 6.45) is 1.85. The lowest BCUT2D eigenvalue weighted by Crippen LogP contribution is -2.28. The summed E-state index contributed by atoms with van der Waals surface area (Å²) < 4.78 is 38.3. The van der Waals surface area contributed by atoms with E-state index in [0.29, 0.717) is 23.9 Å². The Labute approximate surface area is 141 Å². The molecular weight excluding hydrogens is 334 g/mol. The average molecular weight is 355 g/mol. The van der Waals surface area contributed by atoms with Gasteiger partial charge in [0.15, 0.2) is 6.61 Å². The van der Waals surface area contributed by atoms with Crippen LogP contribution in [0.15, 0.2) is 17.0 Å². The van der Waals surface area contributed by atoms with Crippen molar-refractivity contribution in [3.05, 3.63) is 12.1 Å². The number of hydrogen-bond donors (Lipinski definition) is 3. The normalized spacial score (nSPS) is 20.2. The molecule has 0 aromatic heterocycles. The Morgan fingerprint density at radius 1 is 1.42 bits per heavy atom. The van der Waals surface area contributed by atoms with Gasteiger partial charge in [0.2, 0.25) is 10.0 Å². The SMILES string of the molecule is COc1cc2c(cc1S(=O)(=O)NCCC1CCNC1)OCC(=O)N2. The molecule has 1 aromatic rings. The third-order valence-corrected chi connectivity index (χ3v) is 5.68. The molecular formula is C15H21N3O5S. The van der Waals surface area contributed by atoms with Crippen LogP contribution in [0.1, 0.15) is 12.8 Å². The molecule has 0 spiro atoms. The van der Waals surface area contributed by atoms with E-state index in [4.69, 9.17) is 9.47 Å². The zero-order valence-electron chi connectivity index (χ0n) is 13.4. The van der Waals surface area contributed by atoms with E-state index < -0.39 is 10.0 Å². The van der Waals surface area contributed by atoms with Crippen molar-refractivity contribution < 1.29 is 22.7 Å². The molecule has 1 unspecified atom stereocenters. The number of carbonyl (C=O) groups excluding carboxylic acids is 1. The van der Waals surface area contributed by atoms with Crippen molar-refractivity contribution in [2.24, 2.45) is 5.92 Å². The first-order chi connectivity index (χ1) is 11.5. The van der Waals surface area contributed by atoms with Crippen molar-refractivity contribution in [3.63, 3.8) is 0 Å². The maximum atomic E-state index is 12.6. The Bertz CT molecular complexity index is 729. The quantitative estimate of drug-likeness (QED) is 0.678. The van der Waals surface area contributed by atoms with Crippen LogP contribution < -0.4 is 24.8 Å². The Kier molecular flexibility index (Phi) is 4.93. The lowest BCUT2D eigenvalue weighted by molar-refractivity contribution is -0.118. The largest absolute Gasteiger partial charge is 0.495 e. The van der Waals surface area contributed by atoms with Gasteiger partial charge in [0, 0.05) is 18.7 Å². The zero-order chi connectivity index (χ0) is 17.2. The molecule has 24 heavy (non-hydrogen) atoms. The molecule has 2 aliphatic rings. The molecule has 3 N–H and O–H groups in total. The second-order valence-corrected chi connectivity index (χ2v) is 7.62. The summed E-state index contributed by atoms with van der Waals surface area (Å²) in [5.74, 6) is 0.686. The highest BCUT2D eigenvalue weighted by Crippen LogP contribution is 2.37. The fraction of sp³-hybridized carbons (Fsp3) is 0.533. The Morgan fingerprint density at radius 2 is 2.25 bits per heavy atom. The number of hydrogen-bond acceptors (Lipinski definition) is 6. The third kappa shape index (κ3) is 3.63. The van der Waals surface area contributed by atoms with Gasteiger partial charge < -0.3 is 20.1 Å². The molecule has 0 bridgehead atoms. The van der Waals surface area contributed by atoms with Gasteiger partial charge in [0.25, 0.3) is 5.91 Å². The lowest BCUT2D eigenvalue weighted by Gasteiger charge is -2.20. The summed E-state index contributed by atoms with van der Waals surface area (Å²) in [5, 5.41) is 5.89. The minimum absolute atomic E-state index is 0.00412.